The van der Waals surface area contributed by atoms with E-state index in [1.54, 1.807) is 19.5 Å². The maximum Gasteiger partial charge on any atom is 0.162 e. The number of ether oxygens (including phenoxy) is 1. The molecule has 0 spiro atoms. The van der Waals surface area contributed by atoms with Crippen molar-refractivity contribution in [2.45, 2.75) is 6.61 Å². The fourth-order valence-electron chi connectivity index (χ4n) is 1.10. The van der Waals surface area contributed by atoms with Crippen molar-refractivity contribution in [3.63, 3.8) is 0 Å². The summed E-state index contributed by atoms with van der Waals surface area (Å²) in [5, 5.41) is 0.947. The van der Waals surface area contributed by atoms with Crippen LogP contribution in [0.15, 0.2) is 24.5 Å². The molecule has 0 aliphatic heterocycles. The molecule has 0 aliphatic carbocycles. The average molecular weight is 175 g/mol. The molecule has 0 N–H and O–H groups in total. The topological polar surface area (TPSA) is 47.9 Å². The van der Waals surface area contributed by atoms with Gasteiger partial charge in [-0.3, -0.25) is 0 Å². The molecule has 66 valence electrons. The Kier molecular flexibility index (Phi) is 2.14. The van der Waals surface area contributed by atoms with Gasteiger partial charge in [-0.25, -0.2) is 15.0 Å². The average Bonchev–Trinajstić information content (AvgIpc) is 2.18. The molecule has 4 heteroatoms. The van der Waals surface area contributed by atoms with Gasteiger partial charge >= 0.3 is 0 Å². The second kappa shape index (κ2) is 3.45. The molecule has 2 aromatic heterocycles. The first-order valence-electron chi connectivity index (χ1n) is 3.96. The van der Waals surface area contributed by atoms with Gasteiger partial charge in [-0.1, -0.05) is 0 Å². The van der Waals surface area contributed by atoms with Crippen molar-refractivity contribution in [1.82, 2.24) is 15.0 Å². The van der Waals surface area contributed by atoms with Crippen LogP contribution in [0.25, 0.3) is 11.0 Å². The molecule has 0 saturated carbocycles. The van der Waals surface area contributed by atoms with E-state index in [2.05, 4.69) is 15.0 Å². The number of fused-ring (bicyclic) bond motifs is 1. The molecule has 13 heavy (non-hydrogen) atoms. The van der Waals surface area contributed by atoms with Crippen LogP contribution in [0, 0.1) is 0 Å². The lowest BCUT2D eigenvalue weighted by atomic mass is 10.3. The van der Waals surface area contributed by atoms with Gasteiger partial charge in [0.25, 0.3) is 0 Å². The maximum atomic E-state index is 4.92. The van der Waals surface area contributed by atoms with Crippen LogP contribution < -0.4 is 0 Å². The zero-order valence-corrected chi connectivity index (χ0v) is 7.27. The number of aromatic nitrogens is 3. The first-order valence-corrected chi connectivity index (χ1v) is 3.96. The molecule has 0 radical (unpaired) electrons. The quantitative estimate of drug-likeness (QED) is 0.687. The van der Waals surface area contributed by atoms with Crippen LogP contribution in [-0.4, -0.2) is 22.1 Å². The van der Waals surface area contributed by atoms with Gasteiger partial charge in [0.05, 0.1) is 0 Å². The molecule has 2 heterocycles. The molecular weight excluding hydrogens is 166 g/mol. The third-order valence-electron chi connectivity index (χ3n) is 1.68. The Morgan fingerprint density at radius 1 is 1.38 bits per heavy atom. The predicted molar refractivity (Wildman–Crippen MR) is 48.0 cm³/mol. The van der Waals surface area contributed by atoms with E-state index in [-0.39, 0.29) is 0 Å². The van der Waals surface area contributed by atoms with Crippen molar-refractivity contribution in [3.8, 4) is 0 Å². The molecular formula is C9H9N3O. The lowest BCUT2D eigenvalue weighted by molar-refractivity contribution is 0.178. The van der Waals surface area contributed by atoms with E-state index >= 15 is 0 Å². The summed E-state index contributed by atoms with van der Waals surface area (Å²) in [6, 6.07) is 3.79. The van der Waals surface area contributed by atoms with E-state index < -0.39 is 0 Å². The number of hydrogen-bond acceptors (Lipinski definition) is 4. The van der Waals surface area contributed by atoms with E-state index in [1.165, 1.54) is 0 Å². The van der Waals surface area contributed by atoms with Crippen LogP contribution in [0.1, 0.15) is 5.82 Å². The largest absolute Gasteiger partial charge is 0.377 e. The Labute approximate surface area is 75.6 Å². The number of pyridine rings is 1. The second-order valence-corrected chi connectivity index (χ2v) is 2.64. The monoisotopic (exact) mass is 175 g/mol. The predicted octanol–water partition coefficient (Wildman–Crippen LogP) is 1.17. The van der Waals surface area contributed by atoms with Gasteiger partial charge in [-0.2, -0.15) is 0 Å². The van der Waals surface area contributed by atoms with E-state index in [9.17, 15) is 0 Å². The molecule has 0 aliphatic rings. The van der Waals surface area contributed by atoms with Crippen molar-refractivity contribution < 1.29 is 4.74 Å². The summed E-state index contributed by atoms with van der Waals surface area (Å²) in [7, 11) is 1.62. The Balaban J connectivity index is 2.49. The minimum Gasteiger partial charge on any atom is -0.377 e. The van der Waals surface area contributed by atoms with Gasteiger partial charge < -0.3 is 4.74 Å². The molecule has 0 atom stereocenters. The first-order chi connectivity index (χ1) is 6.40. The van der Waals surface area contributed by atoms with Gasteiger partial charge in [0.2, 0.25) is 0 Å². The molecule has 0 aromatic carbocycles. The third kappa shape index (κ3) is 1.62. The van der Waals surface area contributed by atoms with Gasteiger partial charge in [0.15, 0.2) is 11.5 Å². The lowest BCUT2D eigenvalue weighted by Gasteiger charge is -1.98. The highest BCUT2D eigenvalue weighted by Gasteiger charge is 1.98. The van der Waals surface area contributed by atoms with Crippen molar-refractivity contribution in [1.29, 1.82) is 0 Å². The zero-order valence-electron chi connectivity index (χ0n) is 7.27. The van der Waals surface area contributed by atoms with Crippen molar-refractivity contribution in [3.05, 3.63) is 30.4 Å². The second-order valence-electron chi connectivity index (χ2n) is 2.64. The number of hydrogen-bond donors (Lipinski definition) is 0. The number of nitrogens with zero attached hydrogens (tertiary/aromatic N) is 3. The van der Waals surface area contributed by atoms with Gasteiger partial charge in [0.1, 0.15) is 6.61 Å². The SMILES string of the molecule is COCc1ncc2cccnc2n1. The van der Waals surface area contributed by atoms with Gasteiger partial charge in [-0.05, 0) is 12.1 Å². The fourth-order valence-corrected chi connectivity index (χ4v) is 1.10. The smallest absolute Gasteiger partial charge is 0.162 e. The van der Waals surface area contributed by atoms with Gasteiger partial charge in [0, 0.05) is 24.9 Å². The zero-order chi connectivity index (χ0) is 9.10. The van der Waals surface area contributed by atoms with E-state index in [1.807, 2.05) is 12.1 Å². The minimum atomic E-state index is 0.423. The Morgan fingerprint density at radius 2 is 2.31 bits per heavy atom. The summed E-state index contributed by atoms with van der Waals surface area (Å²) < 4.78 is 4.92. The summed E-state index contributed by atoms with van der Waals surface area (Å²) in [6.07, 6.45) is 3.47. The van der Waals surface area contributed by atoms with E-state index in [4.69, 9.17) is 4.74 Å². The molecule has 0 bridgehead atoms. The summed E-state index contributed by atoms with van der Waals surface area (Å²) in [6.45, 7) is 0.423. The standard InChI is InChI=1S/C9H9N3O/c1-13-6-8-11-5-7-3-2-4-10-9(7)12-8/h2-5H,6H2,1H3. The van der Waals surface area contributed by atoms with Crippen LogP contribution in [0.5, 0.6) is 0 Å². The van der Waals surface area contributed by atoms with Crippen molar-refractivity contribution in [2.75, 3.05) is 7.11 Å². The van der Waals surface area contributed by atoms with Crippen LogP contribution in [0.2, 0.25) is 0 Å². The minimum absolute atomic E-state index is 0.423. The number of rotatable bonds is 2. The van der Waals surface area contributed by atoms with E-state index in [0.29, 0.717) is 18.1 Å². The highest BCUT2D eigenvalue weighted by molar-refractivity contribution is 5.72. The van der Waals surface area contributed by atoms with Crippen LogP contribution in [-0.2, 0) is 11.3 Å². The molecule has 0 amide bonds. The van der Waals surface area contributed by atoms with Crippen LogP contribution in [0.4, 0.5) is 0 Å². The van der Waals surface area contributed by atoms with Crippen molar-refractivity contribution in [2.24, 2.45) is 0 Å². The van der Waals surface area contributed by atoms with Gasteiger partial charge in [-0.15, -0.1) is 0 Å². The van der Waals surface area contributed by atoms with Crippen LogP contribution in [0.3, 0.4) is 0 Å². The molecule has 2 rings (SSSR count). The summed E-state index contributed by atoms with van der Waals surface area (Å²) >= 11 is 0. The highest BCUT2D eigenvalue weighted by Crippen LogP contribution is 2.06. The summed E-state index contributed by atoms with van der Waals surface area (Å²) in [5.74, 6) is 0.661. The van der Waals surface area contributed by atoms with Crippen molar-refractivity contribution >= 4 is 11.0 Å². The fraction of sp³-hybridized carbons (Fsp3) is 0.222. The summed E-state index contributed by atoms with van der Waals surface area (Å²) in [4.78, 5) is 12.5. The highest BCUT2D eigenvalue weighted by atomic mass is 16.5. The normalized spacial score (nSPS) is 10.5. The molecule has 0 saturated heterocycles. The molecule has 2 aromatic rings. The molecule has 0 unspecified atom stereocenters. The summed E-state index contributed by atoms with van der Waals surface area (Å²) in [5.41, 5.74) is 0.713. The number of methoxy groups -OCH3 is 1. The molecule has 4 nitrogen and oxygen atoms in total. The Hall–Kier alpha value is -1.55. The van der Waals surface area contributed by atoms with Crippen LogP contribution >= 0.6 is 0 Å². The van der Waals surface area contributed by atoms with E-state index in [0.717, 1.165) is 5.39 Å². The molecule has 0 fully saturated rings. The third-order valence-corrected chi connectivity index (χ3v) is 1.68. The Morgan fingerprint density at radius 3 is 3.15 bits per heavy atom. The maximum absolute atomic E-state index is 4.92. The first kappa shape index (κ1) is 8.07. The lowest BCUT2D eigenvalue weighted by Crippen LogP contribution is -1.97. The Bertz CT molecular complexity index is 416.